The minimum atomic E-state index is -1.04. The molecule has 1 saturated heterocycles. The van der Waals surface area contributed by atoms with Crippen LogP contribution in [0.3, 0.4) is 0 Å². The summed E-state index contributed by atoms with van der Waals surface area (Å²) in [5.41, 5.74) is 0.739. The van der Waals surface area contributed by atoms with Crippen molar-refractivity contribution in [2.75, 3.05) is 19.7 Å². The van der Waals surface area contributed by atoms with E-state index in [0.717, 1.165) is 10.0 Å². The first-order valence-corrected chi connectivity index (χ1v) is 10.2. The van der Waals surface area contributed by atoms with E-state index in [1.54, 1.807) is 11.1 Å². The number of carboxylic acid groups (broad SMARTS) is 1. The van der Waals surface area contributed by atoms with Crippen molar-refractivity contribution < 1.29 is 24.2 Å². The molecular formula is C21H23BrN2O5. The second kappa shape index (κ2) is 9.84. The third kappa shape index (κ3) is 5.77. The van der Waals surface area contributed by atoms with Crippen LogP contribution < -0.4 is 0 Å². The third-order valence-corrected chi connectivity index (χ3v) is 5.39. The zero-order chi connectivity index (χ0) is 20.7. The zero-order valence-corrected chi connectivity index (χ0v) is 17.5. The molecule has 1 amide bonds. The SMILES string of the molecule is O=C(O)COC1(c2ccc(Br)cn2)CCCN(C(=O)OCc2ccccc2)CC1. The zero-order valence-electron chi connectivity index (χ0n) is 15.9. The molecule has 0 aliphatic carbocycles. The van der Waals surface area contributed by atoms with E-state index in [-0.39, 0.29) is 12.7 Å². The first kappa shape index (κ1) is 21.3. The minimum Gasteiger partial charge on any atom is -0.480 e. The van der Waals surface area contributed by atoms with E-state index in [9.17, 15) is 9.59 Å². The lowest BCUT2D eigenvalue weighted by molar-refractivity contribution is -0.152. The molecule has 154 valence electrons. The van der Waals surface area contributed by atoms with Gasteiger partial charge >= 0.3 is 12.1 Å². The number of benzene rings is 1. The molecule has 3 rings (SSSR count). The van der Waals surface area contributed by atoms with Gasteiger partial charge in [0.2, 0.25) is 0 Å². The predicted octanol–water partition coefficient (Wildman–Crippen LogP) is 3.96. The molecule has 1 aromatic carbocycles. The van der Waals surface area contributed by atoms with Gasteiger partial charge in [-0.1, -0.05) is 30.3 Å². The van der Waals surface area contributed by atoms with Gasteiger partial charge < -0.3 is 19.5 Å². The summed E-state index contributed by atoms with van der Waals surface area (Å²) in [6, 6.07) is 13.2. The van der Waals surface area contributed by atoms with Crippen molar-refractivity contribution in [2.24, 2.45) is 0 Å². The molecular weight excluding hydrogens is 440 g/mol. The Morgan fingerprint density at radius 3 is 2.62 bits per heavy atom. The van der Waals surface area contributed by atoms with Crippen LogP contribution in [0.25, 0.3) is 0 Å². The van der Waals surface area contributed by atoms with Gasteiger partial charge in [0.1, 0.15) is 18.8 Å². The van der Waals surface area contributed by atoms with E-state index in [2.05, 4.69) is 20.9 Å². The van der Waals surface area contributed by atoms with E-state index in [4.69, 9.17) is 14.6 Å². The van der Waals surface area contributed by atoms with Crippen LogP contribution in [0.4, 0.5) is 4.79 Å². The second-order valence-electron chi connectivity index (χ2n) is 6.92. The van der Waals surface area contributed by atoms with Crippen LogP contribution in [0.15, 0.2) is 53.1 Å². The largest absolute Gasteiger partial charge is 0.480 e. The van der Waals surface area contributed by atoms with Crippen LogP contribution in [0.2, 0.25) is 0 Å². The fourth-order valence-electron chi connectivity index (χ4n) is 3.42. The molecule has 0 spiro atoms. The quantitative estimate of drug-likeness (QED) is 0.698. The molecule has 2 heterocycles. The number of likely N-dealkylation sites (tertiary alicyclic amines) is 1. The molecule has 1 N–H and O–H groups in total. The highest BCUT2D eigenvalue weighted by atomic mass is 79.9. The summed E-state index contributed by atoms with van der Waals surface area (Å²) in [5.74, 6) is -1.04. The molecule has 0 bridgehead atoms. The van der Waals surface area contributed by atoms with Gasteiger partial charge in [-0.25, -0.2) is 9.59 Å². The average molecular weight is 463 g/mol. The first-order chi connectivity index (χ1) is 14.0. The molecule has 29 heavy (non-hydrogen) atoms. The molecule has 1 aliphatic rings. The summed E-state index contributed by atoms with van der Waals surface area (Å²) in [6.07, 6.45) is 2.94. The maximum absolute atomic E-state index is 12.5. The standard InChI is InChI=1S/C21H23BrN2O5/c22-17-7-8-18(23-13-17)21(29-15-19(25)26)9-4-11-24(12-10-21)20(27)28-14-16-5-2-1-3-6-16/h1-3,5-8,13H,4,9-12,14-15H2,(H,25,26). The van der Waals surface area contributed by atoms with Crippen LogP contribution >= 0.6 is 15.9 Å². The maximum atomic E-state index is 12.5. The molecule has 1 aromatic heterocycles. The Kier molecular flexibility index (Phi) is 7.22. The molecule has 8 heteroatoms. The topological polar surface area (TPSA) is 89.0 Å². The van der Waals surface area contributed by atoms with Gasteiger partial charge in [-0.05, 0) is 52.9 Å². The lowest BCUT2D eigenvalue weighted by Gasteiger charge is -2.32. The van der Waals surface area contributed by atoms with Crippen molar-refractivity contribution >= 4 is 28.0 Å². The molecule has 2 aromatic rings. The number of amides is 1. The highest BCUT2D eigenvalue weighted by Gasteiger charge is 2.38. The fraction of sp³-hybridized carbons (Fsp3) is 0.381. The summed E-state index contributed by atoms with van der Waals surface area (Å²) >= 11 is 3.36. The lowest BCUT2D eigenvalue weighted by atomic mass is 9.90. The highest BCUT2D eigenvalue weighted by molar-refractivity contribution is 9.10. The van der Waals surface area contributed by atoms with Crippen LogP contribution in [0.5, 0.6) is 0 Å². The summed E-state index contributed by atoms with van der Waals surface area (Å²) in [6.45, 7) is 0.703. The Balaban J connectivity index is 1.68. The molecule has 0 saturated carbocycles. The van der Waals surface area contributed by atoms with E-state index in [0.29, 0.717) is 38.0 Å². The van der Waals surface area contributed by atoms with E-state index >= 15 is 0 Å². The first-order valence-electron chi connectivity index (χ1n) is 9.42. The van der Waals surface area contributed by atoms with E-state index < -0.39 is 18.2 Å². The Labute approximate surface area is 177 Å². The van der Waals surface area contributed by atoms with E-state index in [1.807, 2.05) is 42.5 Å². The number of aromatic nitrogens is 1. The number of nitrogens with zero attached hydrogens (tertiary/aromatic N) is 2. The Morgan fingerprint density at radius 1 is 1.14 bits per heavy atom. The lowest BCUT2D eigenvalue weighted by Crippen LogP contribution is -2.36. The predicted molar refractivity (Wildman–Crippen MR) is 109 cm³/mol. The Hall–Kier alpha value is -2.45. The van der Waals surface area contributed by atoms with E-state index in [1.165, 1.54) is 0 Å². The summed E-state index contributed by atoms with van der Waals surface area (Å²) in [4.78, 5) is 29.7. The molecule has 1 fully saturated rings. The van der Waals surface area contributed by atoms with Crippen LogP contribution in [-0.4, -0.2) is 46.7 Å². The number of hydrogen-bond acceptors (Lipinski definition) is 5. The molecule has 0 radical (unpaired) electrons. The maximum Gasteiger partial charge on any atom is 0.410 e. The number of hydrogen-bond donors (Lipinski definition) is 1. The number of aliphatic carboxylic acids is 1. The van der Waals surface area contributed by atoms with Crippen molar-refractivity contribution in [3.63, 3.8) is 0 Å². The summed E-state index contributed by atoms with van der Waals surface area (Å²) in [5, 5.41) is 9.10. The number of carbonyl (C=O) groups excluding carboxylic acids is 1. The van der Waals surface area contributed by atoms with Crippen molar-refractivity contribution in [3.05, 3.63) is 64.4 Å². The number of ether oxygens (including phenoxy) is 2. The van der Waals surface area contributed by atoms with Crippen molar-refractivity contribution in [3.8, 4) is 0 Å². The van der Waals surface area contributed by atoms with Crippen LogP contribution in [-0.2, 0) is 26.5 Å². The number of carbonyl (C=O) groups is 2. The number of pyridine rings is 1. The smallest absolute Gasteiger partial charge is 0.410 e. The fourth-order valence-corrected chi connectivity index (χ4v) is 3.66. The summed E-state index contributed by atoms with van der Waals surface area (Å²) in [7, 11) is 0. The highest BCUT2D eigenvalue weighted by Crippen LogP contribution is 2.36. The average Bonchev–Trinajstić information content (AvgIpc) is 2.95. The Morgan fingerprint density at radius 2 is 1.93 bits per heavy atom. The molecule has 1 aliphatic heterocycles. The van der Waals surface area contributed by atoms with Crippen LogP contribution in [0, 0.1) is 0 Å². The van der Waals surface area contributed by atoms with Gasteiger partial charge in [0.25, 0.3) is 0 Å². The second-order valence-corrected chi connectivity index (χ2v) is 7.83. The van der Waals surface area contributed by atoms with Gasteiger partial charge in [0.15, 0.2) is 0 Å². The molecule has 7 nitrogen and oxygen atoms in total. The van der Waals surface area contributed by atoms with Gasteiger partial charge in [-0.3, -0.25) is 4.98 Å². The third-order valence-electron chi connectivity index (χ3n) is 4.92. The van der Waals surface area contributed by atoms with Crippen molar-refractivity contribution in [1.29, 1.82) is 0 Å². The van der Waals surface area contributed by atoms with Crippen LogP contribution in [0.1, 0.15) is 30.5 Å². The van der Waals surface area contributed by atoms with Gasteiger partial charge in [0.05, 0.1) is 5.69 Å². The monoisotopic (exact) mass is 462 g/mol. The molecule has 1 atom stereocenters. The van der Waals surface area contributed by atoms with Gasteiger partial charge in [-0.2, -0.15) is 0 Å². The number of rotatable bonds is 6. The Bertz CT molecular complexity index is 831. The summed E-state index contributed by atoms with van der Waals surface area (Å²) < 4.78 is 12.1. The number of carboxylic acids is 1. The molecule has 1 unspecified atom stereocenters. The van der Waals surface area contributed by atoms with Gasteiger partial charge in [-0.15, -0.1) is 0 Å². The van der Waals surface area contributed by atoms with Crippen molar-refractivity contribution in [2.45, 2.75) is 31.5 Å². The van der Waals surface area contributed by atoms with Crippen molar-refractivity contribution in [1.82, 2.24) is 9.88 Å². The number of halogens is 1. The minimum absolute atomic E-state index is 0.213. The van der Waals surface area contributed by atoms with Gasteiger partial charge in [0, 0.05) is 23.8 Å². The normalized spacial score (nSPS) is 19.4.